The second kappa shape index (κ2) is 6.93. The van der Waals surface area contributed by atoms with Crippen molar-refractivity contribution in [2.24, 2.45) is 0 Å². The Labute approximate surface area is 118 Å². The summed E-state index contributed by atoms with van der Waals surface area (Å²) in [6.45, 7) is 5.01. The van der Waals surface area contributed by atoms with E-state index >= 15 is 0 Å². The summed E-state index contributed by atoms with van der Waals surface area (Å²) >= 11 is 0. The Morgan fingerprint density at radius 2 is 2.10 bits per heavy atom. The summed E-state index contributed by atoms with van der Waals surface area (Å²) in [5, 5.41) is 0. The van der Waals surface area contributed by atoms with Crippen LogP contribution in [0.3, 0.4) is 0 Å². The zero-order valence-corrected chi connectivity index (χ0v) is 12.1. The van der Waals surface area contributed by atoms with E-state index in [2.05, 4.69) is 0 Å². The third kappa shape index (κ3) is 4.26. The lowest BCUT2D eigenvalue weighted by Crippen LogP contribution is -2.40. The number of methoxy groups -OCH3 is 1. The van der Waals surface area contributed by atoms with Crippen molar-refractivity contribution < 1.29 is 23.4 Å². The van der Waals surface area contributed by atoms with E-state index in [4.69, 9.17) is 14.2 Å². The topological polar surface area (TPSA) is 44.8 Å². The molecule has 0 aliphatic heterocycles. The Hall–Kier alpha value is -2.04. The number of hydrogen-bond donors (Lipinski definition) is 0. The van der Waals surface area contributed by atoms with Gasteiger partial charge in [-0.3, -0.25) is 0 Å². The first-order valence-electron chi connectivity index (χ1n) is 6.26. The van der Waals surface area contributed by atoms with E-state index in [1.54, 1.807) is 19.1 Å². The summed E-state index contributed by atoms with van der Waals surface area (Å²) in [6.07, 6.45) is 3.06. The molecule has 0 N–H and O–H groups in total. The quantitative estimate of drug-likeness (QED) is 0.594. The van der Waals surface area contributed by atoms with Crippen molar-refractivity contribution in [1.82, 2.24) is 0 Å². The minimum Gasteiger partial charge on any atom is -0.504 e. The largest absolute Gasteiger partial charge is 0.504 e. The number of carbonyl (C=O) groups excluding carboxylic acids is 1. The lowest BCUT2D eigenvalue weighted by Gasteiger charge is -2.24. The molecule has 0 amide bonds. The van der Waals surface area contributed by atoms with Crippen molar-refractivity contribution in [3.63, 3.8) is 0 Å². The van der Waals surface area contributed by atoms with Gasteiger partial charge in [0.05, 0.1) is 20.0 Å². The van der Waals surface area contributed by atoms with Crippen LogP contribution >= 0.6 is 0 Å². The maximum absolute atomic E-state index is 13.9. The monoisotopic (exact) mass is 282 g/mol. The third-order valence-electron chi connectivity index (χ3n) is 2.48. The fourth-order valence-corrected chi connectivity index (χ4v) is 1.47. The Morgan fingerprint density at radius 3 is 2.65 bits per heavy atom. The van der Waals surface area contributed by atoms with Gasteiger partial charge in [0.1, 0.15) is 0 Å². The predicted octanol–water partition coefficient (Wildman–Crippen LogP) is 3.16. The Morgan fingerprint density at radius 1 is 1.40 bits per heavy atom. The maximum Gasteiger partial charge on any atom is 0.349 e. The molecule has 110 valence electrons. The van der Waals surface area contributed by atoms with E-state index in [0.29, 0.717) is 5.56 Å². The number of ether oxygens (including phenoxy) is 3. The SMILES string of the molecule is CCOC(=O)C(C)(C)Oc1ccc(C=COC)cc1F. The summed E-state index contributed by atoms with van der Waals surface area (Å²) in [4.78, 5) is 11.7. The molecule has 0 atom stereocenters. The van der Waals surface area contributed by atoms with Crippen LogP contribution in [0.2, 0.25) is 0 Å². The third-order valence-corrected chi connectivity index (χ3v) is 2.48. The zero-order chi connectivity index (χ0) is 15.2. The summed E-state index contributed by atoms with van der Waals surface area (Å²) in [5.41, 5.74) is -0.619. The van der Waals surface area contributed by atoms with E-state index < -0.39 is 17.4 Å². The first kappa shape index (κ1) is 16.0. The zero-order valence-electron chi connectivity index (χ0n) is 12.1. The van der Waals surface area contributed by atoms with E-state index in [1.807, 2.05) is 0 Å². The first-order chi connectivity index (χ1) is 9.40. The smallest absolute Gasteiger partial charge is 0.349 e. The highest BCUT2D eigenvalue weighted by atomic mass is 19.1. The van der Waals surface area contributed by atoms with Crippen molar-refractivity contribution in [3.8, 4) is 5.75 Å². The first-order valence-corrected chi connectivity index (χ1v) is 6.26. The molecule has 0 radical (unpaired) electrons. The highest BCUT2D eigenvalue weighted by Crippen LogP contribution is 2.24. The van der Waals surface area contributed by atoms with Crippen LogP contribution in [0.25, 0.3) is 6.08 Å². The number of esters is 1. The molecule has 0 aliphatic rings. The van der Waals surface area contributed by atoms with Crippen LogP contribution in [0.1, 0.15) is 26.3 Å². The van der Waals surface area contributed by atoms with Crippen LogP contribution < -0.4 is 4.74 Å². The summed E-state index contributed by atoms with van der Waals surface area (Å²) in [5.74, 6) is -1.10. The lowest BCUT2D eigenvalue weighted by molar-refractivity contribution is -0.158. The fourth-order valence-electron chi connectivity index (χ4n) is 1.47. The van der Waals surface area contributed by atoms with Crippen LogP contribution in [0, 0.1) is 5.82 Å². The van der Waals surface area contributed by atoms with Crippen molar-refractivity contribution in [2.45, 2.75) is 26.4 Å². The molecule has 4 nitrogen and oxygen atoms in total. The molecule has 0 saturated heterocycles. The van der Waals surface area contributed by atoms with E-state index in [9.17, 15) is 9.18 Å². The second-order valence-corrected chi connectivity index (χ2v) is 4.56. The molecular weight excluding hydrogens is 263 g/mol. The molecule has 20 heavy (non-hydrogen) atoms. The van der Waals surface area contributed by atoms with Gasteiger partial charge >= 0.3 is 5.97 Å². The van der Waals surface area contributed by atoms with Crippen LogP contribution in [0.15, 0.2) is 24.5 Å². The average Bonchev–Trinajstić information content (AvgIpc) is 2.39. The number of benzene rings is 1. The number of halogens is 1. The molecule has 0 bridgehead atoms. The molecule has 0 fully saturated rings. The van der Waals surface area contributed by atoms with Gasteiger partial charge in [-0.25, -0.2) is 9.18 Å². The minimum atomic E-state index is -1.25. The van der Waals surface area contributed by atoms with Gasteiger partial charge in [0.2, 0.25) is 0 Å². The molecule has 1 rings (SSSR count). The molecule has 0 spiro atoms. The van der Waals surface area contributed by atoms with Crippen LogP contribution in [-0.2, 0) is 14.3 Å². The van der Waals surface area contributed by atoms with Gasteiger partial charge in [0.25, 0.3) is 0 Å². The molecule has 1 aromatic rings. The van der Waals surface area contributed by atoms with Crippen LogP contribution in [0.5, 0.6) is 5.75 Å². The van der Waals surface area contributed by atoms with Crippen LogP contribution in [-0.4, -0.2) is 25.3 Å². The van der Waals surface area contributed by atoms with Crippen molar-refractivity contribution in [1.29, 1.82) is 0 Å². The Balaban J connectivity index is 2.88. The molecule has 5 heteroatoms. The van der Waals surface area contributed by atoms with Gasteiger partial charge in [0, 0.05) is 0 Å². The number of rotatable bonds is 6. The van der Waals surface area contributed by atoms with E-state index in [-0.39, 0.29) is 12.4 Å². The van der Waals surface area contributed by atoms with E-state index in [0.717, 1.165) is 0 Å². The molecule has 0 unspecified atom stereocenters. The van der Waals surface area contributed by atoms with E-state index in [1.165, 1.54) is 39.4 Å². The van der Waals surface area contributed by atoms with Gasteiger partial charge in [-0.1, -0.05) is 6.07 Å². The van der Waals surface area contributed by atoms with Crippen molar-refractivity contribution >= 4 is 12.0 Å². The number of hydrogen-bond acceptors (Lipinski definition) is 4. The molecule has 1 aromatic carbocycles. The van der Waals surface area contributed by atoms with Crippen molar-refractivity contribution in [2.75, 3.05) is 13.7 Å². The maximum atomic E-state index is 13.9. The molecule has 0 saturated carbocycles. The molecule has 0 aromatic heterocycles. The van der Waals surface area contributed by atoms with Crippen molar-refractivity contribution in [3.05, 3.63) is 35.8 Å². The summed E-state index contributed by atoms with van der Waals surface area (Å²) < 4.78 is 28.9. The summed E-state index contributed by atoms with van der Waals surface area (Å²) in [6, 6.07) is 4.42. The molecular formula is C15H19FO4. The van der Waals surface area contributed by atoms with Gasteiger partial charge in [0.15, 0.2) is 17.2 Å². The second-order valence-electron chi connectivity index (χ2n) is 4.56. The summed E-state index contributed by atoms with van der Waals surface area (Å²) in [7, 11) is 1.51. The molecule has 0 aliphatic carbocycles. The van der Waals surface area contributed by atoms with Crippen LogP contribution in [0.4, 0.5) is 4.39 Å². The number of carbonyl (C=O) groups is 1. The minimum absolute atomic E-state index is 0.00220. The Bertz CT molecular complexity index is 495. The fraction of sp³-hybridized carbons (Fsp3) is 0.400. The highest BCUT2D eigenvalue weighted by molar-refractivity contribution is 5.79. The van der Waals surface area contributed by atoms with Gasteiger partial charge in [-0.05, 0) is 44.5 Å². The average molecular weight is 282 g/mol. The standard InChI is InChI=1S/C15H19FO4/c1-5-19-14(17)15(2,3)20-13-7-6-11(8-9-18-4)10-12(13)16/h6-10H,5H2,1-4H3. The predicted molar refractivity (Wildman–Crippen MR) is 73.8 cm³/mol. The van der Waals surface area contributed by atoms with Gasteiger partial charge < -0.3 is 14.2 Å². The Kier molecular flexibility index (Phi) is 5.55. The molecule has 0 heterocycles. The lowest BCUT2D eigenvalue weighted by atomic mass is 10.1. The normalized spacial score (nSPS) is 11.4. The highest BCUT2D eigenvalue weighted by Gasteiger charge is 2.32. The van der Waals surface area contributed by atoms with Gasteiger partial charge in [-0.2, -0.15) is 0 Å². The van der Waals surface area contributed by atoms with Gasteiger partial charge in [-0.15, -0.1) is 0 Å².